The zero-order valence-corrected chi connectivity index (χ0v) is 9.23. The summed E-state index contributed by atoms with van der Waals surface area (Å²) >= 11 is 0. The zero-order chi connectivity index (χ0) is 10.3. The summed E-state index contributed by atoms with van der Waals surface area (Å²) in [6, 6.07) is 0.607. The molecule has 2 aliphatic carbocycles. The van der Waals surface area contributed by atoms with Crippen LogP contribution in [0.2, 0.25) is 0 Å². The van der Waals surface area contributed by atoms with Crippen LogP contribution in [0.4, 0.5) is 0 Å². The lowest BCUT2D eigenvalue weighted by molar-refractivity contribution is -0.0611. The molecule has 5 unspecified atom stereocenters. The number of nitrogens with one attached hydrogen (secondary N) is 1. The highest BCUT2D eigenvalue weighted by atomic mass is 16.5. The van der Waals surface area contributed by atoms with Gasteiger partial charge in [0.2, 0.25) is 0 Å². The summed E-state index contributed by atoms with van der Waals surface area (Å²) in [5, 5.41) is 3.57. The van der Waals surface area contributed by atoms with Crippen molar-refractivity contribution in [1.82, 2.24) is 5.32 Å². The minimum atomic E-state index is 0.346. The molecular formula is C13H19NO. The van der Waals surface area contributed by atoms with E-state index < -0.39 is 0 Å². The van der Waals surface area contributed by atoms with E-state index in [1.165, 1.54) is 6.42 Å². The number of ether oxygens (including phenoxy) is 1. The highest BCUT2D eigenvalue weighted by molar-refractivity contribution is 5.18. The van der Waals surface area contributed by atoms with Gasteiger partial charge in [-0.1, -0.05) is 24.3 Å². The fourth-order valence-electron chi connectivity index (χ4n) is 2.98. The van der Waals surface area contributed by atoms with Gasteiger partial charge in [0.1, 0.15) is 0 Å². The van der Waals surface area contributed by atoms with Gasteiger partial charge in [-0.05, 0) is 25.7 Å². The van der Waals surface area contributed by atoms with Crippen LogP contribution in [-0.2, 0) is 4.74 Å². The highest BCUT2D eigenvalue weighted by Crippen LogP contribution is 2.37. The molecule has 0 aromatic heterocycles. The fourth-order valence-corrected chi connectivity index (χ4v) is 2.98. The lowest BCUT2D eigenvalue weighted by Gasteiger charge is -2.44. The molecule has 5 atom stereocenters. The molecule has 2 nitrogen and oxygen atoms in total. The third-order valence-corrected chi connectivity index (χ3v) is 3.92. The fraction of sp³-hybridized carbons (Fsp3) is 0.692. The summed E-state index contributed by atoms with van der Waals surface area (Å²) in [7, 11) is 0. The second-order valence-electron chi connectivity index (χ2n) is 4.99. The van der Waals surface area contributed by atoms with Crippen LogP contribution in [0.1, 0.15) is 19.8 Å². The van der Waals surface area contributed by atoms with Crippen LogP contribution in [0, 0.1) is 11.8 Å². The second-order valence-corrected chi connectivity index (χ2v) is 4.99. The Morgan fingerprint density at radius 2 is 2.07 bits per heavy atom. The number of fused-ring (bicyclic) bond motifs is 3. The average Bonchev–Trinajstić information content (AvgIpc) is 2.18. The zero-order valence-electron chi connectivity index (χ0n) is 9.23. The molecule has 0 amide bonds. The van der Waals surface area contributed by atoms with E-state index >= 15 is 0 Å². The van der Waals surface area contributed by atoms with E-state index in [0.29, 0.717) is 30.1 Å². The summed E-state index contributed by atoms with van der Waals surface area (Å²) in [5.74, 6) is 1.40. The molecule has 82 valence electrons. The molecule has 1 heterocycles. The molecule has 3 aliphatic rings. The van der Waals surface area contributed by atoms with Gasteiger partial charge < -0.3 is 10.1 Å². The van der Waals surface area contributed by atoms with Crippen molar-refractivity contribution in [3.8, 4) is 0 Å². The first-order valence-corrected chi connectivity index (χ1v) is 6.07. The number of hydrogen-bond acceptors (Lipinski definition) is 2. The Kier molecular flexibility index (Phi) is 2.41. The van der Waals surface area contributed by atoms with Gasteiger partial charge in [0.15, 0.2) is 0 Å². The molecule has 1 N–H and O–H groups in total. The molecule has 2 heteroatoms. The topological polar surface area (TPSA) is 21.3 Å². The monoisotopic (exact) mass is 205 g/mol. The second kappa shape index (κ2) is 3.76. The molecule has 1 aliphatic heterocycles. The van der Waals surface area contributed by atoms with Crippen LogP contribution in [0.25, 0.3) is 0 Å². The van der Waals surface area contributed by atoms with Crippen molar-refractivity contribution < 1.29 is 4.74 Å². The number of rotatable bonds is 0. The van der Waals surface area contributed by atoms with E-state index in [9.17, 15) is 0 Å². The Balaban J connectivity index is 1.82. The predicted octanol–water partition coefficient (Wildman–Crippen LogP) is 1.88. The summed E-state index contributed by atoms with van der Waals surface area (Å²) in [6.07, 6.45) is 12.3. The van der Waals surface area contributed by atoms with Crippen molar-refractivity contribution in [3.63, 3.8) is 0 Å². The van der Waals surface area contributed by atoms with Crippen LogP contribution in [0.5, 0.6) is 0 Å². The molecule has 1 fully saturated rings. The molecule has 3 rings (SSSR count). The SMILES string of the molecule is CC1CNC2C=CC2C2CC=CCC2O1. The molecule has 1 saturated heterocycles. The third-order valence-electron chi connectivity index (χ3n) is 3.92. The quantitative estimate of drug-likeness (QED) is 0.610. The Hall–Kier alpha value is -0.600. The van der Waals surface area contributed by atoms with Crippen molar-refractivity contribution >= 4 is 0 Å². The lowest BCUT2D eigenvalue weighted by Crippen LogP contribution is -2.52. The van der Waals surface area contributed by atoms with Gasteiger partial charge in [-0.25, -0.2) is 0 Å². The van der Waals surface area contributed by atoms with Gasteiger partial charge in [-0.3, -0.25) is 0 Å². The van der Waals surface area contributed by atoms with Gasteiger partial charge in [-0.2, -0.15) is 0 Å². The molecule has 0 radical (unpaired) electrons. The van der Waals surface area contributed by atoms with Crippen LogP contribution >= 0.6 is 0 Å². The van der Waals surface area contributed by atoms with Crippen LogP contribution in [0.15, 0.2) is 24.3 Å². The van der Waals surface area contributed by atoms with Gasteiger partial charge in [0.25, 0.3) is 0 Å². The molecule has 0 spiro atoms. The van der Waals surface area contributed by atoms with E-state index in [2.05, 4.69) is 36.5 Å². The van der Waals surface area contributed by atoms with E-state index in [1.807, 2.05) is 0 Å². The largest absolute Gasteiger partial charge is 0.373 e. The first-order chi connectivity index (χ1) is 7.34. The van der Waals surface area contributed by atoms with Crippen molar-refractivity contribution in [3.05, 3.63) is 24.3 Å². The molecule has 15 heavy (non-hydrogen) atoms. The Labute approximate surface area is 91.4 Å². The minimum absolute atomic E-state index is 0.346. The van der Waals surface area contributed by atoms with Crippen LogP contribution in [-0.4, -0.2) is 24.8 Å². The number of hydrogen-bond donors (Lipinski definition) is 1. The standard InChI is InChI=1S/C13H19NO/c1-9-8-14-12-7-6-10(12)11-4-2-3-5-13(11)15-9/h2-3,6-7,9-14H,4-5,8H2,1H3. The predicted molar refractivity (Wildman–Crippen MR) is 60.6 cm³/mol. The first kappa shape index (κ1) is 9.61. The maximum absolute atomic E-state index is 6.10. The van der Waals surface area contributed by atoms with Crippen molar-refractivity contribution in [2.24, 2.45) is 11.8 Å². The summed E-state index contributed by atoms with van der Waals surface area (Å²) in [6.45, 7) is 3.16. The van der Waals surface area contributed by atoms with Crippen molar-refractivity contribution in [2.75, 3.05) is 6.54 Å². The maximum Gasteiger partial charge on any atom is 0.0675 e. The summed E-state index contributed by atoms with van der Waals surface area (Å²) in [4.78, 5) is 0. The van der Waals surface area contributed by atoms with E-state index in [-0.39, 0.29) is 0 Å². The summed E-state index contributed by atoms with van der Waals surface area (Å²) < 4.78 is 6.10. The van der Waals surface area contributed by atoms with Crippen LogP contribution in [0.3, 0.4) is 0 Å². The Morgan fingerprint density at radius 3 is 2.87 bits per heavy atom. The molecule has 0 saturated carbocycles. The van der Waals surface area contributed by atoms with E-state index in [1.54, 1.807) is 0 Å². The first-order valence-electron chi connectivity index (χ1n) is 6.07. The molecule has 0 aromatic carbocycles. The smallest absolute Gasteiger partial charge is 0.0675 e. The molecule has 0 bridgehead atoms. The third kappa shape index (κ3) is 1.66. The van der Waals surface area contributed by atoms with Crippen molar-refractivity contribution in [2.45, 2.75) is 38.0 Å². The Morgan fingerprint density at radius 1 is 1.20 bits per heavy atom. The lowest BCUT2D eigenvalue weighted by atomic mass is 9.71. The highest BCUT2D eigenvalue weighted by Gasteiger charge is 2.39. The van der Waals surface area contributed by atoms with Crippen LogP contribution < -0.4 is 5.32 Å². The maximum atomic E-state index is 6.10. The van der Waals surface area contributed by atoms with Crippen molar-refractivity contribution in [1.29, 1.82) is 0 Å². The van der Waals surface area contributed by atoms with Gasteiger partial charge in [0.05, 0.1) is 12.2 Å². The van der Waals surface area contributed by atoms with E-state index in [0.717, 1.165) is 13.0 Å². The number of allylic oxidation sites excluding steroid dienone is 1. The summed E-state index contributed by atoms with van der Waals surface area (Å²) in [5.41, 5.74) is 0. The molecular weight excluding hydrogens is 186 g/mol. The molecule has 0 aromatic rings. The van der Waals surface area contributed by atoms with Gasteiger partial charge in [0, 0.05) is 18.5 Å². The minimum Gasteiger partial charge on any atom is -0.373 e. The average molecular weight is 205 g/mol. The van der Waals surface area contributed by atoms with E-state index in [4.69, 9.17) is 4.74 Å². The van der Waals surface area contributed by atoms with Gasteiger partial charge in [-0.15, -0.1) is 0 Å². The van der Waals surface area contributed by atoms with Gasteiger partial charge >= 0.3 is 0 Å². The Bertz CT molecular complexity index is 297. The normalized spacial score (nSPS) is 48.5.